The van der Waals surface area contributed by atoms with Crippen LogP contribution in [0.25, 0.3) is 11.1 Å². The van der Waals surface area contributed by atoms with Crippen LogP contribution >= 0.6 is 0 Å². The van der Waals surface area contributed by atoms with Gasteiger partial charge in [-0.25, -0.2) is 0 Å². The van der Waals surface area contributed by atoms with Gasteiger partial charge in [0.2, 0.25) is 0 Å². The van der Waals surface area contributed by atoms with Gasteiger partial charge < -0.3 is 10.1 Å². The molecule has 1 aliphatic carbocycles. The molecule has 0 aromatic heterocycles. The molecule has 2 aliphatic rings. The summed E-state index contributed by atoms with van der Waals surface area (Å²) in [5.41, 5.74) is 4.61. The molecule has 1 fully saturated rings. The van der Waals surface area contributed by atoms with Gasteiger partial charge in [-0.15, -0.1) is 0 Å². The lowest BCUT2D eigenvalue weighted by Gasteiger charge is -2.35. The largest absolute Gasteiger partial charge is 0.459 e. The minimum Gasteiger partial charge on any atom is -0.459 e. The molecule has 0 saturated carbocycles. The van der Waals surface area contributed by atoms with Crippen LogP contribution in [0.1, 0.15) is 50.2 Å². The Hall–Kier alpha value is -2.13. The number of carbonyl (C=O) groups is 1. The summed E-state index contributed by atoms with van der Waals surface area (Å²) in [4.78, 5) is 12.8. The molecule has 4 rings (SSSR count). The van der Waals surface area contributed by atoms with Gasteiger partial charge in [0.1, 0.15) is 5.60 Å². The molecule has 3 heteroatoms. The highest BCUT2D eigenvalue weighted by molar-refractivity contribution is 5.82. The first-order valence-electron chi connectivity index (χ1n) is 9.78. The van der Waals surface area contributed by atoms with Gasteiger partial charge in [0.05, 0.1) is 19.5 Å². The van der Waals surface area contributed by atoms with E-state index in [-0.39, 0.29) is 17.5 Å². The average Bonchev–Trinajstić information content (AvgIpc) is 2.96. The molecule has 0 bridgehead atoms. The molecule has 26 heavy (non-hydrogen) atoms. The predicted octanol–water partition coefficient (Wildman–Crippen LogP) is 3.48. The molecule has 0 amide bonds. The van der Waals surface area contributed by atoms with E-state index in [1.807, 2.05) is 0 Å². The molecule has 1 aliphatic heterocycles. The summed E-state index contributed by atoms with van der Waals surface area (Å²) in [6.07, 6.45) is 2.65. The highest BCUT2D eigenvalue weighted by Crippen LogP contribution is 2.46. The minimum absolute atomic E-state index is 0.0824. The van der Waals surface area contributed by atoms with Crippen molar-refractivity contribution in [3.8, 4) is 11.1 Å². The van der Waals surface area contributed by atoms with E-state index in [2.05, 4.69) is 67.7 Å². The Bertz CT molecular complexity index is 760. The number of hydrogen-bond donors (Lipinski definition) is 1. The number of benzene rings is 2. The Morgan fingerprint density at radius 2 is 1.54 bits per heavy atom. The summed E-state index contributed by atoms with van der Waals surface area (Å²) >= 11 is 0. The van der Waals surface area contributed by atoms with Crippen LogP contribution in [-0.2, 0) is 9.53 Å². The molecule has 0 spiro atoms. The Labute approximate surface area is 155 Å². The number of piperidine rings is 1. The number of hydrogen-bond acceptors (Lipinski definition) is 2. The van der Waals surface area contributed by atoms with Crippen molar-refractivity contribution < 1.29 is 14.8 Å². The standard InChI is InChI=1S/C23H27NO2/c1-23(2,16-11-13-24-14-12-16)26-22(25)15-21-19-9-5-3-7-17(19)18-8-4-6-10-20(18)21/h3-10,16,21,24H,11-15H2,1-2H3/p+1. The zero-order valence-electron chi connectivity index (χ0n) is 15.7. The second kappa shape index (κ2) is 6.88. The maximum absolute atomic E-state index is 12.8. The Morgan fingerprint density at radius 1 is 1.00 bits per heavy atom. The summed E-state index contributed by atoms with van der Waals surface area (Å²) in [7, 11) is 0. The number of fused-ring (bicyclic) bond motifs is 3. The normalized spacial score (nSPS) is 17.6. The van der Waals surface area contributed by atoms with Crippen LogP contribution in [-0.4, -0.2) is 24.7 Å². The van der Waals surface area contributed by atoms with Crippen molar-refractivity contribution in [2.75, 3.05) is 13.1 Å². The number of rotatable bonds is 4. The van der Waals surface area contributed by atoms with E-state index in [1.165, 1.54) is 22.3 Å². The third-order valence-electron chi connectivity index (χ3n) is 6.13. The summed E-state index contributed by atoms with van der Waals surface area (Å²) in [6, 6.07) is 16.9. The highest BCUT2D eigenvalue weighted by Gasteiger charge is 2.37. The average molecular weight is 350 g/mol. The Balaban J connectivity index is 1.53. The molecule has 2 N–H and O–H groups in total. The number of quaternary nitrogens is 1. The topological polar surface area (TPSA) is 42.9 Å². The highest BCUT2D eigenvalue weighted by atomic mass is 16.6. The molecule has 0 radical (unpaired) electrons. The van der Waals surface area contributed by atoms with E-state index in [0.29, 0.717) is 12.3 Å². The monoisotopic (exact) mass is 350 g/mol. The van der Waals surface area contributed by atoms with Gasteiger partial charge in [0.25, 0.3) is 0 Å². The third-order valence-corrected chi connectivity index (χ3v) is 6.13. The SMILES string of the molecule is CC(C)(OC(=O)CC1c2ccccc2-c2ccccc21)C1CC[NH2+]CC1. The maximum Gasteiger partial charge on any atom is 0.307 e. The lowest BCUT2D eigenvalue weighted by atomic mass is 9.83. The van der Waals surface area contributed by atoms with Gasteiger partial charge in [-0.05, 0) is 36.1 Å². The lowest BCUT2D eigenvalue weighted by Crippen LogP contribution is -2.86. The van der Waals surface area contributed by atoms with Crippen molar-refractivity contribution in [2.45, 2.75) is 44.6 Å². The maximum atomic E-state index is 12.8. The molecule has 0 atom stereocenters. The predicted molar refractivity (Wildman–Crippen MR) is 103 cm³/mol. The van der Waals surface area contributed by atoms with Gasteiger partial charge in [-0.1, -0.05) is 48.5 Å². The van der Waals surface area contributed by atoms with E-state index in [1.54, 1.807) is 0 Å². The molecule has 136 valence electrons. The second-order valence-corrected chi connectivity index (χ2v) is 8.15. The molecule has 1 saturated heterocycles. The van der Waals surface area contributed by atoms with Crippen molar-refractivity contribution in [1.29, 1.82) is 0 Å². The smallest absolute Gasteiger partial charge is 0.307 e. The number of nitrogens with two attached hydrogens (primary N) is 1. The van der Waals surface area contributed by atoms with Crippen LogP contribution in [0.4, 0.5) is 0 Å². The summed E-state index contributed by atoms with van der Waals surface area (Å²) in [5.74, 6) is 0.478. The fourth-order valence-electron chi connectivity index (χ4n) is 4.69. The minimum atomic E-state index is -0.386. The quantitative estimate of drug-likeness (QED) is 0.858. The molecule has 1 heterocycles. The summed E-state index contributed by atoms with van der Waals surface area (Å²) in [5, 5.41) is 2.35. The van der Waals surface area contributed by atoms with Crippen LogP contribution in [0.15, 0.2) is 48.5 Å². The Kier molecular flexibility index (Phi) is 4.58. The van der Waals surface area contributed by atoms with Crippen molar-refractivity contribution >= 4 is 5.97 Å². The summed E-state index contributed by atoms with van der Waals surface area (Å²) < 4.78 is 6.02. The second-order valence-electron chi connectivity index (χ2n) is 8.15. The first-order chi connectivity index (χ1) is 12.6. The molecule has 2 aromatic carbocycles. The van der Waals surface area contributed by atoms with E-state index in [4.69, 9.17) is 4.74 Å². The number of esters is 1. The molecule has 2 aromatic rings. The van der Waals surface area contributed by atoms with Crippen LogP contribution in [0.3, 0.4) is 0 Å². The molecular formula is C23H28NO2+. The molecule has 0 unspecified atom stereocenters. The number of carbonyl (C=O) groups excluding carboxylic acids is 1. The van der Waals surface area contributed by atoms with Gasteiger partial charge in [0, 0.05) is 24.7 Å². The van der Waals surface area contributed by atoms with Crippen molar-refractivity contribution in [3.63, 3.8) is 0 Å². The van der Waals surface area contributed by atoms with E-state index in [9.17, 15) is 4.79 Å². The van der Waals surface area contributed by atoms with Crippen LogP contribution in [0.2, 0.25) is 0 Å². The fourth-order valence-corrected chi connectivity index (χ4v) is 4.69. The number of ether oxygens (including phenoxy) is 1. The van der Waals surface area contributed by atoms with Crippen molar-refractivity contribution in [3.05, 3.63) is 59.7 Å². The van der Waals surface area contributed by atoms with Gasteiger partial charge in [-0.2, -0.15) is 0 Å². The lowest BCUT2D eigenvalue weighted by molar-refractivity contribution is -0.665. The first kappa shape index (κ1) is 17.3. The molecular weight excluding hydrogens is 322 g/mol. The van der Waals surface area contributed by atoms with Gasteiger partial charge in [0.15, 0.2) is 0 Å². The zero-order valence-corrected chi connectivity index (χ0v) is 15.7. The first-order valence-corrected chi connectivity index (χ1v) is 9.78. The zero-order chi connectivity index (χ0) is 18.1. The van der Waals surface area contributed by atoms with E-state index < -0.39 is 0 Å². The van der Waals surface area contributed by atoms with E-state index in [0.717, 1.165) is 25.9 Å². The van der Waals surface area contributed by atoms with E-state index >= 15 is 0 Å². The van der Waals surface area contributed by atoms with Crippen molar-refractivity contribution in [1.82, 2.24) is 0 Å². The Morgan fingerprint density at radius 3 is 2.12 bits per heavy atom. The van der Waals surface area contributed by atoms with Crippen LogP contribution in [0, 0.1) is 5.92 Å². The van der Waals surface area contributed by atoms with Crippen molar-refractivity contribution in [2.24, 2.45) is 5.92 Å². The molecule has 3 nitrogen and oxygen atoms in total. The van der Waals surface area contributed by atoms with Gasteiger partial charge >= 0.3 is 5.97 Å². The van der Waals surface area contributed by atoms with Crippen LogP contribution < -0.4 is 5.32 Å². The van der Waals surface area contributed by atoms with Crippen LogP contribution in [0.5, 0.6) is 0 Å². The summed E-state index contributed by atoms with van der Waals surface area (Å²) in [6.45, 7) is 6.43. The van der Waals surface area contributed by atoms with Gasteiger partial charge in [-0.3, -0.25) is 4.79 Å². The fraction of sp³-hybridized carbons (Fsp3) is 0.435. The third kappa shape index (κ3) is 3.16.